The molecule has 0 fully saturated rings. The lowest BCUT2D eigenvalue weighted by Gasteiger charge is -2.07. The molecule has 0 atom stereocenters. The molecule has 1 N–H and O–H groups in total. The predicted octanol–water partition coefficient (Wildman–Crippen LogP) is 2.56. The fourth-order valence-electron chi connectivity index (χ4n) is 1.78. The van der Waals surface area contributed by atoms with Crippen LogP contribution in [0.3, 0.4) is 0 Å². The quantitative estimate of drug-likeness (QED) is 0.940. The fourth-order valence-corrected chi connectivity index (χ4v) is 3.31. The molecule has 0 radical (unpaired) electrons. The number of benzene rings is 1. The molecule has 0 aliphatic rings. The molecule has 0 spiro atoms. The van der Waals surface area contributed by atoms with Crippen LogP contribution in [-0.4, -0.2) is 13.6 Å². The summed E-state index contributed by atoms with van der Waals surface area (Å²) in [5.41, 5.74) is 0.411. The molecule has 0 amide bonds. The van der Waals surface area contributed by atoms with E-state index in [4.69, 9.17) is 16.1 Å². The third-order valence-electron chi connectivity index (χ3n) is 2.70. The van der Waals surface area contributed by atoms with E-state index in [0.29, 0.717) is 5.02 Å². The molecule has 0 bridgehead atoms. The highest BCUT2D eigenvalue weighted by Gasteiger charge is 2.24. The van der Waals surface area contributed by atoms with Gasteiger partial charge in [-0.25, -0.2) is 17.5 Å². The Bertz CT molecular complexity index is 724. The molecule has 5 nitrogen and oxygen atoms in total. The molecule has 2 aromatic rings. The summed E-state index contributed by atoms with van der Waals surface area (Å²) < 4.78 is 44.9. The van der Waals surface area contributed by atoms with Crippen LogP contribution in [0.15, 0.2) is 27.6 Å². The van der Waals surface area contributed by atoms with E-state index in [-0.39, 0.29) is 28.5 Å². The summed E-state index contributed by atoms with van der Waals surface area (Å²) in [7, 11) is -3.82. The van der Waals surface area contributed by atoms with Gasteiger partial charge in [-0.05, 0) is 32.0 Å². The summed E-state index contributed by atoms with van der Waals surface area (Å²) in [6.45, 7) is 2.80. The molecule has 0 unspecified atom stereocenters. The van der Waals surface area contributed by atoms with Gasteiger partial charge in [0.2, 0.25) is 10.0 Å². The molecule has 0 saturated heterocycles. The van der Waals surface area contributed by atoms with E-state index >= 15 is 0 Å². The fraction of sp³-hybridized carbons (Fsp3) is 0.250. The summed E-state index contributed by atoms with van der Waals surface area (Å²) in [5, 5.41) is 3.91. The first-order valence-electron chi connectivity index (χ1n) is 5.67. The Balaban J connectivity index is 2.24. The van der Waals surface area contributed by atoms with Gasteiger partial charge in [-0.2, -0.15) is 0 Å². The van der Waals surface area contributed by atoms with E-state index in [2.05, 4.69) is 9.88 Å². The Morgan fingerprint density at radius 2 is 2.10 bits per heavy atom. The van der Waals surface area contributed by atoms with Crippen LogP contribution in [0.2, 0.25) is 5.02 Å². The molecule has 0 aliphatic carbocycles. The van der Waals surface area contributed by atoms with Crippen LogP contribution in [0, 0.1) is 19.7 Å². The summed E-state index contributed by atoms with van der Waals surface area (Å²) in [6.07, 6.45) is 0. The van der Waals surface area contributed by atoms with Crippen molar-refractivity contribution in [2.24, 2.45) is 0 Å². The number of hydrogen-bond donors (Lipinski definition) is 1. The van der Waals surface area contributed by atoms with Crippen molar-refractivity contribution in [2.45, 2.75) is 25.3 Å². The van der Waals surface area contributed by atoms with Gasteiger partial charge in [0, 0.05) is 17.1 Å². The normalized spacial score (nSPS) is 11.8. The van der Waals surface area contributed by atoms with Crippen molar-refractivity contribution >= 4 is 21.6 Å². The lowest BCUT2D eigenvalue weighted by molar-refractivity contribution is 0.390. The Morgan fingerprint density at radius 1 is 1.40 bits per heavy atom. The maximum Gasteiger partial charge on any atom is 0.246 e. The minimum atomic E-state index is -3.82. The molecule has 1 heterocycles. The smallest absolute Gasteiger partial charge is 0.246 e. The van der Waals surface area contributed by atoms with Crippen LogP contribution in [0.4, 0.5) is 4.39 Å². The number of rotatable bonds is 4. The molecule has 8 heteroatoms. The van der Waals surface area contributed by atoms with Gasteiger partial charge in [-0.1, -0.05) is 16.8 Å². The second kappa shape index (κ2) is 5.51. The van der Waals surface area contributed by atoms with Gasteiger partial charge in [0.05, 0.1) is 0 Å². The maximum absolute atomic E-state index is 13.5. The monoisotopic (exact) mass is 318 g/mol. The average molecular weight is 319 g/mol. The zero-order chi connectivity index (χ0) is 14.9. The van der Waals surface area contributed by atoms with E-state index < -0.39 is 15.8 Å². The van der Waals surface area contributed by atoms with Crippen LogP contribution in [0.1, 0.15) is 17.0 Å². The Morgan fingerprint density at radius 3 is 2.70 bits per heavy atom. The second-order valence-corrected chi connectivity index (χ2v) is 6.35. The molecule has 0 saturated carbocycles. The van der Waals surface area contributed by atoms with Crippen molar-refractivity contribution in [3.05, 3.63) is 46.1 Å². The Kier molecular flexibility index (Phi) is 4.12. The molecular weight excluding hydrogens is 307 g/mol. The van der Waals surface area contributed by atoms with E-state index in [1.54, 1.807) is 0 Å². The molecular formula is C12H12ClFN2O3S. The number of nitrogens with zero attached hydrogens (tertiary/aromatic N) is 1. The van der Waals surface area contributed by atoms with Gasteiger partial charge in [0.1, 0.15) is 16.4 Å². The van der Waals surface area contributed by atoms with Crippen LogP contribution >= 0.6 is 11.6 Å². The van der Waals surface area contributed by atoms with E-state index in [9.17, 15) is 12.8 Å². The third-order valence-corrected chi connectivity index (χ3v) is 4.58. The van der Waals surface area contributed by atoms with Gasteiger partial charge in [0.25, 0.3) is 0 Å². The third kappa shape index (κ3) is 3.00. The van der Waals surface area contributed by atoms with Crippen molar-refractivity contribution in [3.8, 4) is 0 Å². The molecule has 2 rings (SSSR count). The number of sulfonamides is 1. The maximum atomic E-state index is 13.5. The van der Waals surface area contributed by atoms with Crippen molar-refractivity contribution < 1.29 is 17.3 Å². The number of hydrogen-bond acceptors (Lipinski definition) is 4. The van der Waals surface area contributed by atoms with Crippen LogP contribution < -0.4 is 4.72 Å². The highest BCUT2D eigenvalue weighted by Crippen LogP contribution is 2.20. The lowest BCUT2D eigenvalue weighted by atomic mass is 10.2. The number of halogens is 2. The van der Waals surface area contributed by atoms with E-state index in [1.165, 1.54) is 32.0 Å². The zero-order valence-electron chi connectivity index (χ0n) is 10.8. The Hall–Kier alpha value is -1.44. The molecule has 1 aromatic carbocycles. The SMILES string of the molecule is Cc1noc(C)c1S(=O)(=O)NCc1cc(Cl)ccc1F. The van der Waals surface area contributed by atoms with Crippen LogP contribution in [-0.2, 0) is 16.6 Å². The lowest BCUT2D eigenvalue weighted by Crippen LogP contribution is -2.24. The van der Waals surface area contributed by atoms with Crippen molar-refractivity contribution in [3.63, 3.8) is 0 Å². The van der Waals surface area contributed by atoms with E-state index in [1.807, 2.05) is 0 Å². The van der Waals surface area contributed by atoms with Gasteiger partial charge in [-0.3, -0.25) is 0 Å². The standard InChI is InChI=1S/C12H12ClFN2O3S/c1-7-12(8(2)19-16-7)20(17,18)15-6-9-5-10(13)3-4-11(9)14/h3-5,15H,6H2,1-2H3. The molecule has 1 aromatic heterocycles. The highest BCUT2D eigenvalue weighted by molar-refractivity contribution is 7.89. The van der Waals surface area contributed by atoms with Gasteiger partial charge < -0.3 is 4.52 Å². The summed E-state index contributed by atoms with van der Waals surface area (Å²) in [6, 6.07) is 3.94. The van der Waals surface area contributed by atoms with Gasteiger partial charge >= 0.3 is 0 Å². The Labute approximate surface area is 120 Å². The topological polar surface area (TPSA) is 72.2 Å². The first-order valence-corrected chi connectivity index (χ1v) is 7.54. The second-order valence-electron chi connectivity index (χ2n) is 4.21. The van der Waals surface area contributed by atoms with Gasteiger partial charge in [0.15, 0.2) is 5.76 Å². The number of aromatic nitrogens is 1. The first kappa shape index (κ1) is 15.0. The first-order chi connectivity index (χ1) is 9.31. The minimum Gasteiger partial charge on any atom is -0.360 e. The van der Waals surface area contributed by atoms with Crippen LogP contribution in [0.25, 0.3) is 0 Å². The van der Waals surface area contributed by atoms with Crippen LogP contribution in [0.5, 0.6) is 0 Å². The zero-order valence-corrected chi connectivity index (χ0v) is 12.3. The summed E-state index contributed by atoms with van der Waals surface area (Å²) >= 11 is 5.75. The highest BCUT2D eigenvalue weighted by atomic mass is 35.5. The largest absolute Gasteiger partial charge is 0.360 e. The van der Waals surface area contributed by atoms with E-state index in [0.717, 1.165) is 0 Å². The predicted molar refractivity (Wildman–Crippen MR) is 71.4 cm³/mol. The van der Waals surface area contributed by atoms with Gasteiger partial charge in [-0.15, -0.1) is 0 Å². The van der Waals surface area contributed by atoms with Crippen molar-refractivity contribution in [2.75, 3.05) is 0 Å². The number of nitrogens with one attached hydrogen (secondary N) is 1. The molecule has 0 aliphatic heterocycles. The van der Waals surface area contributed by atoms with Crippen molar-refractivity contribution in [1.82, 2.24) is 9.88 Å². The minimum absolute atomic E-state index is 0.0278. The summed E-state index contributed by atoms with van der Waals surface area (Å²) in [5.74, 6) is -0.350. The average Bonchev–Trinajstić information content (AvgIpc) is 2.71. The molecule has 20 heavy (non-hydrogen) atoms. The van der Waals surface area contributed by atoms with Crippen molar-refractivity contribution in [1.29, 1.82) is 0 Å². The molecule has 108 valence electrons. The number of aryl methyl sites for hydroxylation is 2. The summed E-state index contributed by atoms with van der Waals surface area (Å²) in [4.78, 5) is -0.0278.